The normalized spacial score (nSPS) is 12.1. The fourth-order valence-electron chi connectivity index (χ4n) is 1.58. The molecule has 1 amide bonds. The SMILES string of the molecule is COc1ccccc1C=CC(=O)NC(CCO)C(=O)O. The number of carboxylic acid groups (broad SMARTS) is 1. The Bertz CT molecular complexity index is 498. The van der Waals surface area contributed by atoms with Crippen molar-refractivity contribution in [2.45, 2.75) is 12.5 Å². The van der Waals surface area contributed by atoms with Gasteiger partial charge in [-0.3, -0.25) is 4.79 Å². The zero-order valence-electron chi connectivity index (χ0n) is 11.1. The Balaban J connectivity index is 2.69. The van der Waals surface area contributed by atoms with Crippen LogP contribution in [0.4, 0.5) is 0 Å². The number of carboxylic acids is 1. The van der Waals surface area contributed by atoms with E-state index < -0.39 is 17.9 Å². The van der Waals surface area contributed by atoms with Crippen molar-refractivity contribution in [1.29, 1.82) is 0 Å². The lowest BCUT2D eigenvalue weighted by Gasteiger charge is -2.11. The highest BCUT2D eigenvalue weighted by Gasteiger charge is 2.17. The maximum atomic E-state index is 11.6. The lowest BCUT2D eigenvalue weighted by atomic mass is 10.2. The van der Waals surface area contributed by atoms with Gasteiger partial charge in [0, 0.05) is 24.7 Å². The number of rotatable bonds is 7. The van der Waals surface area contributed by atoms with Gasteiger partial charge in [0.15, 0.2) is 0 Å². The molecule has 3 N–H and O–H groups in total. The average Bonchev–Trinajstić information content (AvgIpc) is 2.44. The maximum Gasteiger partial charge on any atom is 0.326 e. The first kappa shape index (κ1) is 15.7. The topological polar surface area (TPSA) is 95.9 Å². The number of amides is 1. The van der Waals surface area contributed by atoms with Crippen LogP contribution in [-0.4, -0.2) is 41.8 Å². The molecule has 0 bridgehead atoms. The van der Waals surface area contributed by atoms with Gasteiger partial charge in [-0.15, -0.1) is 0 Å². The molecule has 1 rings (SSSR count). The van der Waals surface area contributed by atoms with E-state index in [1.807, 2.05) is 0 Å². The molecule has 1 aromatic rings. The molecule has 1 aromatic carbocycles. The summed E-state index contributed by atoms with van der Waals surface area (Å²) in [6.07, 6.45) is 2.72. The second-order valence-corrected chi connectivity index (χ2v) is 3.99. The van der Waals surface area contributed by atoms with Gasteiger partial charge < -0.3 is 20.3 Å². The molecular weight excluding hydrogens is 262 g/mol. The van der Waals surface area contributed by atoms with Gasteiger partial charge in [0.05, 0.1) is 7.11 Å². The van der Waals surface area contributed by atoms with Crippen LogP contribution < -0.4 is 10.1 Å². The molecule has 0 fully saturated rings. The zero-order valence-corrected chi connectivity index (χ0v) is 11.1. The molecule has 6 nitrogen and oxygen atoms in total. The summed E-state index contributed by atoms with van der Waals surface area (Å²) in [4.78, 5) is 22.5. The number of benzene rings is 1. The molecule has 0 spiro atoms. The molecule has 1 unspecified atom stereocenters. The number of aliphatic hydroxyl groups is 1. The number of aliphatic carboxylic acids is 1. The first-order chi connectivity index (χ1) is 9.58. The van der Waals surface area contributed by atoms with Crippen LogP contribution >= 0.6 is 0 Å². The predicted octanol–water partition coefficient (Wildman–Crippen LogP) is 0.660. The Hall–Kier alpha value is -2.34. The Kier molecular flexibility index (Phi) is 6.25. The molecule has 0 aliphatic rings. The number of hydrogen-bond donors (Lipinski definition) is 3. The summed E-state index contributed by atoms with van der Waals surface area (Å²) in [5.41, 5.74) is 0.708. The second kappa shape index (κ2) is 7.96. The Labute approximate surface area is 116 Å². The van der Waals surface area contributed by atoms with Crippen LogP contribution in [-0.2, 0) is 9.59 Å². The summed E-state index contributed by atoms with van der Waals surface area (Å²) < 4.78 is 5.13. The minimum absolute atomic E-state index is 0.0381. The predicted molar refractivity (Wildman–Crippen MR) is 73.3 cm³/mol. The van der Waals surface area contributed by atoms with E-state index in [4.69, 9.17) is 14.9 Å². The van der Waals surface area contributed by atoms with Crippen molar-refractivity contribution >= 4 is 18.0 Å². The maximum absolute atomic E-state index is 11.6. The van der Waals surface area contributed by atoms with Crippen LogP contribution in [0.5, 0.6) is 5.75 Å². The van der Waals surface area contributed by atoms with E-state index in [1.54, 1.807) is 24.3 Å². The Morgan fingerprint density at radius 3 is 2.70 bits per heavy atom. The van der Waals surface area contributed by atoms with Crippen LogP contribution in [0.25, 0.3) is 6.08 Å². The molecule has 0 saturated heterocycles. The summed E-state index contributed by atoms with van der Waals surface area (Å²) in [6.45, 7) is -0.312. The van der Waals surface area contributed by atoms with Gasteiger partial charge in [-0.2, -0.15) is 0 Å². The summed E-state index contributed by atoms with van der Waals surface area (Å²) in [7, 11) is 1.52. The number of para-hydroxylation sites is 1. The van der Waals surface area contributed by atoms with Crippen molar-refractivity contribution in [2.24, 2.45) is 0 Å². The van der Waals surface area contributed by atoms with Crippen LogP contribution in [0, 0.1) is 0 Å². The molecule has 0 radical (unpaired) electrons. The van der Waals surface area contributed by atoms with E-state index in [9.17, 15) is 9.59 Å². The van der Waals surface area contributed by atoms with Crippen molar-refractivity contribution in [3.63, 3.8) is 0 Å². The third-order valence-electron chi connectivity index (χ3n) is 2.59. The van der Waals surface area contributed by atoms with Gasteiger partial charge in [-0.05, 0) is 12.1 Å². The summed E-state index contributed by atoms with van der Waals surface area (Å²) in [6, 6.07) is 6.02. The first-order valence-electron chi connectivity index (χ1n) is 6.03. The van der Waals surface area contributed by atoms with Crippen molar-refractivity contribution < 1.29 is 24.5 Å². The van der Waals surface area contributed by atoms with E-state index in [-0.39, 0.29) is 13.0 Å². The van der Waals surface area contributed by atoms with Crippen LogP contribution in [0.2, 0.25) is 0 Å². The van der Waals surface area contributed by atoms with E-state index in [0.717, 1.165) is 0 Å². The third-order valence-corrected chi connectivity index (χ3v) is 2.59. The van der Waals surface area contributed by atoms with E-state index in [0.29, 0.717) is 11.3 Å². The molecule has 0 aromatic heterocycles. The second-order valence-electron chi connectivity index (χ2n) is 3.99. The number of carbonyl (C=O) groups is 2. The molecule has 108 valence electrons. The standard InChI is InChI=1S/C14H17NO5/c1-20-12-5-3-2-4-10(12)6-7-13(17)15-11(8-9-16)14(18)19/h2-7,11,16H,8-9H2,1H3,(H,15,17)(H,18,19). The molecular formula is C14H17NO5. The van der Waals surface area contributed by atoms with Crippen molar-refractivity contribution in [1.82, 2.24) is 5.32 Å². The molecule has 1 atom stereocenters. The minimum atomic E-state index is -1.18. The largest absolute Gasteiger partial charge is 0.496 e. The van der Waals surface area contributed by atoms with E-state index in [1.165, 1.54) is 19.3 Å². The highest BCUT2D eigenvalue weighted by molar-refractivity contribution is 5.94. The van der Waals surface area contributed by atoms with Gasteiger partial charge in [-0.1, -0.05) is 18.2 Å². The fourth-order valence-corrected chi connectivity index (χ4v) is 1.58. The van der Waals surface area contributed by atoms with Crippen LogP contribution in [0.1, 0.15) is 12.0 Å². The zero-order chi connectivity index (χ0) is 15.0. The monoisotopic (exact) mass is 279 g/mol. The summed E-state index contributed by atoms with van der Waals surface area (Å²) in [5.74, 6) is -1.11. The number of hydrogen-bond acceptors (Lipinski definition) is 4. The minimum Gasteiger partial charge on any atom is -0.496 e. The molecule has 0 heterocycles. The van der Waals surface area contributed by atoms with E-state index >= 15 is 0 Å². The first-order valence-corrected chi connectivity index (χ1v) is 6.03. The van der Waals surface area contributed by atoms with Crippen LogP contribution in [0.3, 0.4) is 0 Å². The number of ether oxygens (including phenoxy) is 1. The fraction of sp³-hybridized carbons (Fsp3) is 0.286. The van der Waals surface area contributed by atoms with Gasteiger partial charge in [0.25, 0.3) is 0 Å². The van der Waals surface area contributed by atoms with Gasteiger partial charge >= 0.3 is 5.97 Å². The van der Waals surface area contributed by atoms with Gasteiger partial charge in [-0.25, -0.2) is 4.79 Å². The number of methoxy groups -OCH3 is 1. The smallest absolute Gasteiger partial charge is 0.326 e. The Morgan fingerprint density at radius 1 is 1.40 bits per heavy atom. The number of nitrogens with one attached hydrogen (secondary N) is 1. The van der Waals surface area contributed by atoms with Crippen molar-refractivity contribution in [2.75, 3.05) is 13.7 Å². The lowest BCUT2D eigenvalue weighted by Crippen LogP contribution is -2.40. The molecule has 0 aliphatic heterocycles. The molecule has 0 aliphatic carbocycles. The average molecular weight is 279 g/mol. The van der Waals surface area contributed by atoms with Crippen molar-refractivity contribution in [3.8, 4) is 5.75 Å². The third kappa shape index (κ3) is 4.74. The summed E-state index contributed by atoms with van der Waals surface area (Å²) in [5, 5.41) is 19.9. The molecule has 6 heteroatoms. The molecule has 20 heavy (non-hydrogen) atoms. The quantitative estimate of drug-likeness (QED) is 0.637. The number of carbonyl (C=O) groups excluding carboxylic acids is 1. The van der Waals surface area contributed by atoms with Gasteiger partial charge in [0.2, 0.25) is 5.91 Å². The van der Waals surface area contributed by atoms with Crippen LogP contribution in [0.15, 0.2) is 30.3 Å². The lowest BCUT2D eigenvalue weighted by molar-refractivity contribution is -0.141. The highest BCUT2D eigenvalue weighted by atomic mass is 16.5. The van der Waals surface area contributed by atoms with E-state index in [2.05, 4.69) is 5.32 Å². The summed E-state index contributed by atoms with van der Waals surface area (Å²) >= 11 is 0. The van der Waals surface area contributed by atoms with Crippen molar-refractivity contribution in [3.05, 3.63) is 35.9 Å². The Morgan fingerprint density at radius 2 is 2.10 bits per heavy atom. The van der Waals surface area contributed by atoms with Gasteiger partial charge in [0.1, 0.15) is 11.8 Å². The number of aliphatic hydroxyl groups excluding tert-OH is 1. The highest BCUT2D eigenvalue weighted by Crippen LogP contribution is 2.18. The molecule has 0 saturated carbocycles.